The first-order valence-corrected chi connectivity index (χ1v) is 14.2. The van der Waals surface area contributed by atoms with Crippen molar-refractivity contribution in [1.29, 1.82) is 0 Å². The van der Waals surface area contributed by atoms with Crippen molar-refractivity contribution in [3.05, 3.63) is 130 Å². The van der Waals surface area contributed by atoms with Gasteiger partial charge < -0.3 is 14.2 Å². The van der Waals surface area contributed by atoms with Crippen molar-refractivity contribution in [1.82, 2.24) is 0 Å². The first-order chi connectivity index (χ1) is 18.3. The van der Waals surface area contributed by atoms with Crippen LogP contribution in [0.15, 0.2) is 107 Å². The number of hydrogen-bond donors (Lipinski definition) is 0. The van der Waals surface area contributed by atoms with Crippen LogP contribution in [0.5, 0.6) is 0 Å². The Morgan fingerprint density at radius 3 is 1.54 bits per heavy atom. The summed E-state index contributed by atoms with van der Waals surface area (Å²) < 4.78 is 7.28. The first kappa shape index (κ1) is 23.9. The maximum Gasteiger partial charge on any atom is 0.439 e. The van der Waals surface area contributed by atoms with Crippen LogP contribution >= 0.6 is 22.7 Å². The molecule has 37 heavy (non-hydrogen) atoms. The molecule has 6 rings (SSSR count). The lowest BCUT2D eigenvalue weighted by Gasteiger charge is -2.41. The van der Waals surface area contributed by atoms with Crippen molar-refractivity contribution in [3.8, 4) is 0 Å². The Kier molecular flexibility index (Phi) is 6.75. The Balaban J connectivity index is 1.50. The summed E-state index contributed by atoms with van der Waals surface area (Å²) in [5.41, 5.74) is 9.37. The number of fused-ring (bicyclic) bond motifs is 2. The Morgan fingerprint density at radius 1 is 0.676 bits per heavy atom. The third kappa shape index (κ3) is 4.44. The fraction of sp³-hybridized carbons (Fsp3) is 0.0667. The van der Waals surface area contributed by atoms with E-state index in [1.807, 2.05) is 12.2 Å². The minimum Gasteiger partial charge on any atom is -0.454 e. The number of para-hydroxylation sites is 2. The molecule has 0 amide bonds. The monoisotopic (exact) mass is 516 g/mol. The number of hydrogen-bond acceptors (Lipinski definition) is 5. The van der Waals surface area contributed by atoms with E-state index in [0.717, 1.165) is 22.3 Å². The van der Waals surface area contributed by atoms with Gasteiger partial charge in [-0.25, -0.2) is 0 Å². The SMILES string of the molecule is C=CCN1B(OB2C(c3ccsc3)=Cc3ccccc3N2CC=C)C(c2ccsc2)=Cc2ccccc21. The van der Waals surface area contributed by atoms with Gasteiger partial charge in [0.05, 0.1) is 0 Å². The van der Waals surface area contributed by atoms with E-state index in [0.29, 0.717) is 13.1 Å². The van der Waals surface area contributed by atoms with Crippen molar-refractivity contribution in [2.75, 3.05) is 22.7 Å². The molecule has 3 nitrogen and oxygen atoms in total. The van der Waals surface area contributed by atoms with Crippen LogP contribution in [-0.4, -0.2) is 27.2 Å². The fourth-order valence-electron chi connectivity index (χ4n) is 5.20. The van der Waals surface area contributed by atoms with Gasteiger partial charge in [0, 0.05) is 24.5 Å². The van der Waals surface area contributed by atoms with Gasteiger partial charge in [0.2, 0.25) is 0 Å². The molecule has 0 aliphatic carbocycles. The highest BCUT2D eigenvalue weighted by Crippen LogP contribution is 2.41. The maximum atomic E-state index is 7.28. The van der Waals surface area contributed by atoms with Crippen molar-refractivity contribution in [3.63, 3.8) is 0 Å². The maximum absolute atomic E-state index is 7.28. The van der Waals surface area contributed by atoms with Gasteiger partial charge in [0.15, 0.2) is 0 Å². The predicted octanol–water partition coefficient (Wildman–Crippen LogP) is 7.67. The normalized spacial score (nSPS) is 14.6. The van der Waals surface area contributed by atoms with Gasteiger partial charge in [-0.15, -0.1) is 13.2 Å². The van der Waals surface area contributed by atoms with Gasteiger partial charge in [0.1, 0.15) is 0 Å². The van der Waals surface area contributed by atoms with E-state index in [9.17, 15) is 0 Å². The second-order valence-electron chi connectivity index (χ2n) is 9.06. The van der Waals surface area contributed by atoms with Crippen LogP contribution in [-0.2, 0) is 4.57 Å². The van der Waals surface area contributed by atoms with Crippen molar-refractivity contribution in [2.45, 2.75) is 0 Å². The van der Waals surface area contributed by atoms with Gasteiger partial charge in [-0.05, 0) is 79.0 Å². The summed E-state index contributed by atoms with van der Waals surface area (Å²) in [6.07, 6.45) is 8.47. The molecular weight excluding hydrogens is 490 g/mol. The highest BCUT2D eigenvalue weighted by atomic mass is 32.1. The fourth-order valence-corrected chi connectivity index (χ4v) is 6.53. The van der Waals surface area contributed by atoms with E-state index < -0.39 is 0 Å². The Morgan fingerprint density at radius 2 is 1.14 bits per heavy atom. The van der Waals surface area contributed by atoms with E-state index in [4.69, 9.17) is 4.57 Å². The molecule has 2 aliphatic heterocycles. The molecule has 2 aromatic heterocycles. The van der Waals surface area contributed by atoms with Crippen LogP contribution < -0.4 is 9.62 Å². The van der Waals surface area contributed by atoms with Crippen LogP contribution in [0, 0.1) is 0 Å². The number of anilines is 2. The van der Waals surface area contributed by atoms with Gasteiger partial charge in [0.25, 0.3) is 0 Å². The smallest absolute Gasteiger partial charge is 0.439 e. The summed E-state index contributed by atoms with van der Waals surface area (Å²) in [7, 11) is -0.598. The number of rotatable bonds is 8. The predicted molar refractivity (Wildman–Crippen MR) is 165 cm³/mol. The minimum absolute atomic E-state index is 0.299. The van der Waals surface area contributed by atoms with Crippen molar-refractivity contribution < 1.29 is 4.57 Å². The number of thiophene rings is 2. The van der Waals surface area contributed by atoms with E-state index in [-0.39, 0.29) is 14.1 Å². The minimum atomic E-state index is -0.299. The lowest BCUT2D eigenvalue weighted by Crippen LogP contribution is -2.54. The average molecular weight is 516 g/mol. The largest absolute Gasteiger partial charge is 0.454 e. The van der Waals surface area contributed by atoms with Crippen LogP contribution in [0.25, 0.3) is 23.1 Å². The lowest BCUT2D eigenvalue weighted by molar-refractivity contribution is 0.595. The molecule has 4 heterocycles. The van der Waals surface area contributed by atoms with Crippen molar-refractivity contribution in [2.24, 2.45) is 0 Å². The topological polar surface area (TPSA) is 15.7 Å². The van der Waals surface area contributed by atoms with Crippen LogP contribution in [0.1, 0.15) is 22.3 Å². The molecule has 0 N–H and O–H groups in total. The molecule has 180 valence electrons. The third-order valence-electron chi connectivity index (χ3n) is 6.83. The second-order valence-corrected chi connectivity index (χ2v) is 10.6. The Hall–Kier alpha value is -3.51. The van der Waals surface area contributed by atoms with Crippen LogP contribution in [0.2, 0.25) is 0 Å². The zero-order chi connectivity index (χ0) is 25.2. The van der Waals surface area contributed by atoms with Crippen LogP contribution in [0.3, 0.4) is 0 Å². The Bertz CT molecular complexity index is 1370. The molecular formula is C30H26B2N2OS2. The quantitative estimate of drug-likeness (QED) is 0.177. The number of nitrogens with zero attached hydrogens (tertiary/aromatic N) is 2. The van der Waals surface area contributed by atoms with Crippen molar-refractivity contribution >= 4 is 71.2 Å². The summed E-state index contributed by atoms with van der Waals surface area (Å²) in [6.45, 7) is 9.50. The molecule has 7 heteroatoms. The summed E-state index contributed by atoms with van der Waals surface area (Å²) in [5.74, 6) is 0. The average Bonchev–Trinajstić information content (AvgIpc) is 3.66. The Labute approximate surface area is 227 Å². The van der Waals surface area contributed by atoms with E-state index in [2.05, 4.69) is 117 Å². The molecule has 0 bridgehead atoms. The molecule has 0 atom stereocenters. The van der Waals surface area contributed by atoms with E-state index in [1.165, 1.54) is 22.3 Å². The lowest BCUT2D eigenvalue weighted by atomic mass is 9.57. The molecule has 0 spiro atoms. The molecule has 0 saturated heterocycles. The summed E-state index contributed by atoms with van der Waals surface area (Å²) >= 11 is 3.41. The first-order valence-electron chi connectivity index (χ1n) is 12.4. The highest BCUT2D eigenvalue weighted by molar-refractivity contribution is 7.08. The third-order valence-corrected chi connectivity index (χ3v) is 8.20. The summed E-state index contributed by atoms with van der Waals surface area (Å²) in [5, 5.41) is 8.66. The molecule has 0 unspecified atom stereocenters. The molecule has 0 fully saturated rings. The highest BCUT2D eigenvalue weighted by Gasteiger charge is 2.43. The summed E-state index contributed by atoms with van der Waals surface area (Å²) in [4.78, 5) is 4.65. The van der Waals surface area contributed by atoms with Gasteiger partial charge in [-0.3, -0.25) is 0 Å². The molecule has 2 aliphatic rings. The number of benzene rings is 2. The molecule has 0 radical (unpaired) electrons. The molecule has 0 saturated carbocycles. The van der Waals surface area contributed by atoms with Gasteiger partial charge >= 0.3 is 14.1 Å². The van der Waals surface area contributed by atoms with Gasteiger partial charge in [-0.2, -0.15) is 22.7 Å². The molecule has 2 aromatic carbocycles. The summed E-state index contributed by atoms with van der Waals surface area (Å²) in [6, 6.07) is 21.4. The van der Waals surface area contributed by atoms with Crippen LogP contribution in [0.4, 0.5) is 11.4 Å². The standard InChI is InChI=1S/C30H26B2N2OS2/c1-3-15-33-29-11-7-5-9-23(29)19-27(25-13-17-36-21-25)31(33)35-32-28(26-14-18-37-22-26)20-24-10-6-8-12-30(24)34(32)16-4-2/h3-14,17-22H,1-2,15-16H2. The zero-order valence-corrected chi connectivity index (χ0v) is 22.1. The van der Waals surface area contributed by atoms with E-state index in [1.54, 1.807) is 22.7 Å². The van der Waals surface area contributed by atoms with Gasteiger partial charge in [-0.1, -0.05) is 60.7 Å². The zero-order valence-electron chi connectivity index (χ0n) is 20.5. The second kappa shape index (κ2) is 10.5. The van der Waals surface area contributed by atoms with E-state index >= 15 is 0 Å². The molecule has 4 aromatic rings.